The number of nitrogens with one attached hydrogen (secondary N) is 2. The quantitative estimate of drug-likeness (QED) is 0.547. The predicted octanol–water partition coefficient (Wildman–Crippen LogP) is 3.39. The SMILES string of the molecule is CCCOc1ccc(CNC(C)C(=O)OCC)cc1-c1nc(CC)c(CC)c(=O)[nH]1. The average molecular weight is 416 g/mol. The van der Waals surface area contributed by atoms with Crippen LogP contribution in [0.1, 0.15) is 57.9 Å². The summed E-state index contributed by atoms with van der Waals surface area (Å²) in [6.45, 7) is 10.9. The van der Waals surface area contributed by atoms with Crippen LogP contribution in [0.3, 0.4) is 0 Å². The lowest BCUT2D eigenvalue weighted by atomic mass is 10.1. The number of esters is 1. The number of nitrogens with zero attached hydrogens (tertiary/aromatic N) is 1. The summed E-state index contributed by atoms with van der Waals surface area (Å²) in [5.41, 5.74) is 3.10. The van der Waals surface area contributed by atoms with Crippen molar-refractivity contribution in [1.82, 2.24) is 15.3 Å². The molecule has 0 spiro atoms. The molecular formula is C23H33N3O4. The second kappa shape index (κ2) is 11.5. The largest absolute Gasteiger partial charge is 0.493 e. The lowest BCUT2D eigenvalue weighted by molar-refractivity contribution is -0.145. The van der Waals surface area contributed by atoms with Gasteiger partial charge in [-0.25, -0.2) is 4.98 Å². The van der Waals surface area contributed by atoms with Gasteiger partial charge in [0, 0.05) is 12.1 Å². The van der Waals surface area contributed by atoms with Crippen LogP contribution in [0, 0.1) is 0 Å². The normalized spacial score (nSPS) is 11.9. The number of hydrogen-bond donors (Lipinski definition) is 2. The van der Waals surface area contributed by atoms with E-state index in [2.05, 4.69) is 10.3 Å². The number of aryl methyl sites for hydroxylation is 1. The topological polar surface area (TPSA) is 93.3 Å². The molecule has 2 N–H and O–H groups in total. The maximum Gasteiger partial charge on any atom is 0.322 e. The molecular weight excluding hydrogens is 382 g/mol. The van der Waals surface area contributed by atoms with E-state index in [0.717, 1.165) is 28.8 Å². The fourth-order valence-electron chi connectivity index (χ4n) is 3.16. The van der Waals surface area contributed by atoms with Crippen LogP contribution in [0.4, 0.5) is 0 Å². The third kappa shape index (κ3) is 5.92. The molecule has 1 heterocycles. The van der Waals surface area contributed by atoms with Crippen molar-refractivity contribution in [3.05, 3.63) is 45.4 Å². The summed E-state index contributed by atoms with van der Waals surface area (Å²) >= 11 is 0. The van der Waals surface area contributed by atoms with Crippen molar-refractivity contribution in [3.63, 3.8) is 0 Å². The Labute approximate surface area is 178 Å². The molecule has 1 unspecified atom stereocenters. The zero-order chi connectivity index (χ0) is 22.1. The minimum Gasteiger partial charge on any atom is -0.493 e. The van der Waals surface area contributed by atoms with E-state index in [0.29, 0.717) is 44.2 Å². The van der Waals surface area contributed by atoms with Gasteiger partial charge in [-0.05, 0) is 50.8 Å². The van der Waals surface area contributed by atoms with Gasteiger partial charge >= 0.3 is 5.97 Å². The Balaban J connectivity index is 2.39. The van der Waals surface area contributed by atoms with Crippen LogP contribution in [0.5, 0.6) is 5.75 Å². The van der Waals surface area contributed by atoms with Crippen molar-refractivity contribution in [1.29, 1.82) is 0 Å². The zero-order valence-corrected chi connectivity index (χ0v) is 18.6. The van der Waals surface area contributed by atoms with E-state index < -0.39 is 6.04 Å². The highest BCUT2D eigenvalue weighted by atomic mass is 16.5. The van der Waals surface area contributed by atoms with Crippen molar-refractivity contribution in [3.8, 4) is 17.1 Å². The number of ether oxygens (including phenoxy) is 2. The van der Waals surface area contributed by atoms with Crippen LogP contribution in [-0.4, -0.2) is 35.2 Å². The molecule has 0 aliphatic rings. The monoisotopic (exact) mass is 415 g/mol. The lowest BCUT2D eigenvalue weighted by Crippen LogP contribution is -2.34. The van der Waals surface area contributed by atoms with Crippen molar-refractivity contribution in [2.45, 2.75) is 66.5 Å². The number of benzene rings is 1. The number of rotatable bonds is 11. The highest BCUT2D eigenvalue weighted by molar-refractivity contribution is 5.75. The van der Waals surface area contributed by atoms with E-state index in [1.54, 1.807) is 13.8 Å². The fourth-order valence-corrected chi connectivity index (χ4v) is 3.16. The van der Waals surface area contributed by atoms with Gasteiger partial charge in [-0.2, -0.15) is 0 Å². The van der Waals surface area contributed by atoms with Gasteiger partial charge in [0.1, 0.15) is 17.6 Å². The van der Waals surface area contributed by atoms with Gasteiger partial charge in [0.2, 0.25) is 0 Å². The zero-order valence-electron chi connectivity index (χ0n) is 18.6. The number of aromatic amines is 1. The third-order valence-electron chi connectivity index (χ3n) is 4.80. The molecule has 1 aromatic carbocycles. The third-order valence-corrected chi connectivity index (χ3v) is 4.80. The van der Waals surface area contributed by atoms with E-state index in [4.69, 9.17) is 14.5 Å². The summed E-state index contributed by atoms with van der Waals surface area (Å²) in [6.07, 6.45) is 2.20. The molecule has 0 aliphatic heterocycles. The first-order valence-corrected chi connectivity index (χ1v) is 10.7. The lowest BCUT2D eigenvalue weighted by Gasteiger charge is -2.16. The summed E-state index contributed by atoms with van der Waals surface area (Å²) in [4.78, 5) is 32.1. The average Bonchev–Trinajstić information content (AvgIpc) is 2.75. The van der Waals surface area contributed by atoms with E-state index >= 15 is 0 Å². The Morgan fingerprint density at radius 1 is 1.20 bits per heavy atom. The molecule has 164 valence electrons. The van der Waals surface area contributed by atoms with Crippen molar-refractivity contribution in [2.75, 3.05) is 13.2 Å². The predicted molar refractivity (Wildman–Crippen MR) is 118 cm³/mol. The fraction of sp³-hybridized carbons (Fsp3) is 0.522. The first-order chi connectivity index (χ1) is 14.4. The maximum absolute atomic E-state index is 12.6. The highest BCUT2D eigenvalue weighted by Crippen LogP contribution is 2.29. The molecule has 0 amide bonds. The van der Waals surface area contributed by atoms with Crippen LogP contribution in [-0.2, 0) is 28.9 Å². The minimum atomic E-state index is -0.419. The Morgan fingerprint density at radius 3 is 2.60 bits per heavy atom. The molecule has 0 saturated heterocycles. The summed E-state index contributed by atoms with van der Waals surface area (Å²) in [6, 6.07) is 5.35. The van der Waals surface area contributed by atoms with Crippen molar-refractivity contribution < 1.29 is 14.3 Å². The van der Waals surface area contributed by atoms with Gasteiger partial charge in [-0.1, -0.05) is 26.8 Å². The second-order valence-corrected chi connectivity index (χ2v) is 7.08. The maximum atomic E-state index is 12.6. The van der Waals surface area contributed by atoms with E-state index in [-0.39, 0.29) is 11.5 Å². The molecule has 2 rings (SSSR count). The summed E-state index contributed by atoms with van der Waals surface area (Å²) in [5.74, 6) is 0.892. The van der Waals surface area contributed by atoms with Crippen molar-refractivity contribution in [2.24, 2.45) is 0 Å². The van der Waals surface area contributed by atoms with Gasteiger partial charge in [-0.3, -0.25) is 9.59 Å². The smallest absolute Gasteiger partial charge is 0.322 e. The van der Waals surface area contributed by atoms with E-state index in [9.17, 15) is 9.59 Å². The second-order valence-electron chi connectivity index (χ2n) is 7.08. The Morgan fingerprint density at radius 2 is 1.97 bits per heavy atom. The van der Waals surface area contributed by atoms with Gasteiger partial charge in [0.15, 0.2) is 0 Å². The Hall–Kier alpha value is -2.67. The molecule has 0 aliphatic carbocycles. The van der Waals surface area contributed by atoms with Gasteiger partial charge in [0.05, 0.1) is 24.5 Å². The first-order valence-electron chi connectivity index (χ1n) is 10.7. The molecule has 7 heteroatoms. The molecule has 2 aromatic rings. The van der Waals surface area contributed by atoms with Crippen LogP contribution < -0.4 is 15.6 Å². The van der Waals surface area contributed by atoms with E-state index in [1.165, 1.54) is 0 Å². The summed E-state index contributed by atoms with van der Waals surface area (Å²) in [7, 11) is 0. The molecule has 30 heavy (non-hydrogen) atoms. The van der Waals surface area contributed by atoms with Crippen LogP contribution >= 0.6 is 0 Å². The number of hydrogen-bond acceptors (Lipinski definition) is 6. The standard InChI is InChI=1S/C23H33N3O4/c1-6-12-30-20-11-10-16(14-24-15(5)23(28)29-9-4)13-18(20)21-25-19(8-3)17(7-2)22(27)26-21/h10-11,13,15,24H,6-9,12,14H2,1-5H3,(H,25,26,27). The van der Waals surface area contributed by atoms with Gasteiger partial charge in [-0.15, -0.1) is 0 Å². The number of H-pyrrole nitrogens is 1. The first kappa shape index (κ1) is 23.6. The molecule has 0 radical (unpaired) electrons. The Kier molecular flexibility index (Phi) is 9.05. The molecule has 1 aromatic heterocycles. The number of carbonyl (C=O) groups excluding carboxylic acids is 1. The van der Waals surface area contributed by atoms with Gasteiger partial charge in [0.25, 0.3) is 5.56 Å². The molecule has 0 saturated carbocycles. The number of aromatic nitrogens is 2. The molecule has 7 nitrogen and oxygen atoms in total. The van der Waals surface area contributed by atoms with Gasteiger partial charge < -0.3 is 19.8 Å². The van der Waals surface area contributed by atoms with E-state index in [1.807, 2.05) is 39.0 Å². The molecule has 1 atom stereocenters. The summed E-state index contributed by atoms with van der Waals surface area (Å²) < 4.78 is 10.9. The molecule has 0 fully saturated rings. The number of carbonyl (C=O) groups is 1. The Bertz CT molecular complexity index is 908. The van der Waals surface area contributed by atoms with Crippen LogP contribution in [0.25, 0.3) is 11.4 Å². The van der Waals surface area contributed by atoms with Crippen LogP contribution in [0.2, 0.25) is 0 Å². The molecule has 0 bridgehead atoms. The highest BCUT2D eigenvalue weighted by Gasteiger charge is 2.16. The van der Waals surface area contributed by atoms with Crippen molar-refractivity contribution >= 4 is 5.97 Å². The minimum absolute atomic E-state index is 0.111. The van der Waals surface area contributed by atoms with Crippen LogP contribution in [0.15, 0.2) is 23.0 Å². The summed E-state index contributed by atoms with van der Waals surface area (Å²) in [5, 5.41) is 3.17.